The van der Waals surface area contributed by atoms with E-state index in [1.807, 2.05) is 11.3 Å². The molecule has 4 bridgehead atoms. The van der Waals surface area contributed by atoms with Gasteiger partial charge < -0.3 is 0 Å². The number of hydrogen-bond acceptors (Lipinski definition) is 1. The quantitative estimate of drug-likeness (QED) is 0.188. The van der Waals surface area contributed by atoms with Gasteiger partial charge in [-0.2, -0.15) is 0 Å². The molecular weight excluding hydrogens is 576 g/mol. The summed E-state index contributed by atoms with van der Waals surface area (Å²) < 4.78 is 5.58. The Balaban J connectivity index is 1.44. The lowest BCUT2D eigenvalue weighted by molar-refractivity contribution is -0.0399. The number of aryl methyl sites for hydroxylation is 1. The molecule has 0 nitrogen and oxygen atoms in total. The second-order valence-corrected chi connectivity index (χ2v) is 14.9. The average molecular weight is 602 g/mol. The third-order valence-electron chi connectivity index (χ3n) is 10.4. The summed E-state index contributed by atoms with van der Waals surface area (Å²) in [7, 11) is 0. The zero-order chi connectivity index (χ0) is 23.1. The molecule has 4 saturated carbocycles. The van der Waals surface area contributed by atoms with Gasteiger partial charge in [0.05, 0.1) is 0 Å². The van der Waals surface area contributed by atoms with Crippen molar-refractivity contribution in [3.05, 3.63) is 73.7 Å². The number of benzene rings is 3. The number of hydrogen-bond donors (Lipinski definition) is 0. The molecule has 0 amide bonds. The Morgan fingerprint density at radius 2 is 1.60 bits per heavy atom. The monoisotopic (exact) mass is 600 g/mol. The van der Waals surface area contributed by atoms with Crippen molar-refractivity contribution in [2.75, 3.05) is 0 Å². The van der Waals surface area contributed by atoms with Crippen molar-refractivity contribution in [3.8, 4) is 11.1 Å². The highest BCUT2D eigenvalue weighted by Gasteiger charge is 2.62. The predicted molar refractivity (Wildman–Crippen MR) is 156 cm³/mol. The number of allylic oxidation sites excluding steroid dienone is 1. The molecule has 6 aliphatic rings. The lowest BCUT2D eigenvalue weighted by Crippen LogP contribution is -2.55. The van der Waals surface area contributed by atoms with Gasteiger partial charge in [0.1, 0.15) is 0 Å². The van der Waals surface area contributed by atoms with Crippen LogP contribution in [0.2, 0.25) is 0 Å². The van der Waals surface area contributed by atoms with Crippen molar-refractivity contribution >= 4 is 69.4 Å². The van der Waals surface area contributed by atoms with E-state index in [2.05, 4.69) is 80.4 Å². The maximum Gasteiger partial charge on any atom is 0.0448 e. The zero-order valence-electron chi connectivity index (χ0n) is 19.5. The van der Waals surface area contributed by atoms with Crippen LogP contribution >= 0.6 is 43.2 Å². The Hall–Kier alpha value is -1.42. The van der Waals surface area contributed by atoms with Crippen LogP contribution in [0.3, 0.4) is 0 Å². The summed E-state index contributed by atoms with van der Waals surface area (Å²) >= 11 is 9.96. The van der Waals surface area contributed by atoms with Gasteiger partial charge in [-0.15, -0.1) is 11.3 Å². The second kappa shape index (κ2) is 6.91. The van der Waals surface area contributed by atoms with Gasteiger partial charge in [0.2, 0.25) is 0 Å². The maximum atomic E-state index is 4.11. The molecule has 0 atom stereocenters. The minimum absolute atomic E-state index is 0.206. The normalized spacial score (nSPS) is 31.8. The van der Waals surface area contributed by atoms with E-state index in [0.29, 0.717) is 0 Å². The first-order valence-electron chi connectivity index (χ1n) is 13.3. The molecule has 174 valence electrons. The SMILES string of the molecule is BrC1=Cc2cc3c(cc2CC1)-c1c(cc(Br)c2c1sc1ccccc12)C31C2CC3CC(C2)CC1C3. The molecule has 3 heteroatoms. The number of halogens is 2. The molecule has 1 aromatic heterocycles. The van der Waals surface area contributed by atoms with E-state index in [9.17, 15) is 0 Å². The van der Waals surface area contributed by atoms with Crippen LogP contribution in [-0.4, -0.2) is 0 Å². The lowest BCUT2D eigenvalue weighted by atomic mass is 9.43. The molecule has 0 unspecified atom stereocenters. The summed E-state index contributed by atoms with van der Waals surface area (Å²) in [6.45, 7) is 0. The molecule has 6 aliphatic carbocycles. The molecule has 0 N–H and O–H groups in total. The van der Waals surface area contributed by atoms with Crippen LogP contribution in [0.5, 0.6) is 0 Å². The van der Waals surface area contributed by atoms with E-state index < -0.39 is 0 Å². The van der Waals surface area contributed by atoms with Crippen LogP contribution in [-0.2, 0) is 11.8 Å². The first-order valence-corrected chi connectivity index (χ1v) is 15.7. The van der Waals surface area contributed by atoms with Crippen molar-refractivity contribution in [1.82, 2.24) is 0 Å². The molecule has 1 heterocycles. The van der Waals surface area contributed by atoms with Crippen LogP contribution < -0.4 is 0 Å². The highest BCUT2D eigenvalue weighted by Crippen LogP contribution is 2.71. The van der Waals surface area contributed by atoms with Gasteiger partial charge >= 0.3 is 0 Å². The van der Waals surface area contributed by atoms with Gasteiger partial charge in [0.15, 0.2) is 0 Å². The first-order chi connectivity index (χ1) is 17.1. The fraction of sp³-hybridized carbons (Fsp3) is 0.375. The van der Waals surface area contributed by atoms with E-state index in [1.165, 1.54) is 72.4 Å². The van der Waals surface area contributed by atoms with Gasteiger partial charge in [-0.1, -0.05) is 56.1 Å². The molecule has 1 spiro atoms. The summed E-state index contributed by atoms with van der Waals surface area (Å²) in [6, 6.07) is 16.9. The van der Waals surface area contributed by atoms with E-state index in [1.54, 1.807) is 22.3 Å². The largest absolute Gasteiger partial charge is 0.134 e. The van der Waals surface area contributed by atoms with Gasteiger partial charge in [0.25, 0.3) is 0 Å². The van der Waals surface area contributed by atoms with Crippen LogP contribution in [0, 0.1) is 23.7 Å². The Morgan fingerprint density at radius 1 is 0.829 bits per heavy atom. The molecule has 0 aliphatic heterocycles. The predicted octanol–water partition coefficient (Wildman–Crippen LogP) is 10.2. The van der Waals surface area contributed by atoms with Crippen LogP contribution in [0.15, 0.2) is 51.4 Å². The van der Waals surface area contributed by atoms with Crippen molar-refractivity contribution in [3.63, 3.8) is 0 Å². The Kier molecular flexibility index (Phi) is 4.07. The molecular formula is C32H26Br2S. The standard InChI is InChI=1S/C32H26Br2S/c33-22-6-5-18-13-24-25(14-19(18)12-22)32(20-8-16-7-17(10-20)11-21(32)9-16)26-15-27(34)30-23-3-1-2-4-28(23)35-31(30)29(24)26/h1-4,12-17,20-21H,5-11H2. The molecule has 4 fully saturated rings. The minimum Gasteiger partial charge on any atom is -0.134 e. The van der Waals surface area contributed by atoms with Crippen molar-refractivity contribution in [2.45, 2.75) is 50.4 Å². The van der Waals surface area contributed by atoms with Gasteiger partial charge in [-0.3, -0.25) is 0 Å². The lowest BCUT2D eigenvalue weighted by Gasteiger charge is -2.61. The summed E-state index contributed by atoms with van der Waals surface area (Å²) in [5.41, 5.74) is 9.71. The van der Waals surface area contributed by atoms with Crippen molar-refractivity contribution in [1.29, 1.82) is 0 Å². The van der Waals surface area contributed by atoms with Gasteiger partial charge in [-0.25, -0.2) is 0 Å². The fourth-order valence-electron chi connectivity index (χ4n) is 9.45. The Labute approximate surface area is 227 Å². The number of fused-ring (bicyclic) bond motifs is 8. The summed E-state index contributed by atoms with van der Waals surface area (Å²) in [4.78, 5) is 0. The average Bonchev–Trinajstić information content (AvgIpc) is 3.35. The molecule has 0 saturated heterocycles. The molecule has 10 rings (SSSR count). The van der Waals surface area contributed by atoms with Gasteiger partial charge in [0, 0.05) is 35.6 Å². The summed E-state index contributed by atoms with van der Waals surface area (Å²) in [5, 5.41) is 2.83. The Morgan fingerprint density at radius 3 is 2.40 bits per heavy atom. The van der Waals surface area contributed by atoms with Crippen LogP contribution in [0.1, 0.15) is 60.8 Å². The molecule has 3 aromatic carbocycles. The Bertz CT molecular complexity index is 1610. The molecule has 35 heavy (non-hydrogen) atoms. The zero-order valence-corrected chi connectivity index (χ0v) is 23.5. The molecule has 4 aromatic rings. The maximum absolute atomic E-state index is 4.11. The highest BCUT2D eigenvalue weighted by molar-refractivity contribution is 9.11. The topological polar surface area (TPSA) is 0 Å². The minimum atomic E-state index is 0.206. The summed E-state index contributed by atoms with van der Waals surface area (Å²) in [5.74, 6) is 3.54. The van der Waals surface area contributed by atoms with Crippen molar-refractivity contribution < 1.29 is 0 Å². The fourth-order valence-corrected chi connectivity index (χ4v) is 12.0. The smallest absolute Gasteiger partial charge is 0.0448 e. The van der Waals surface area contributed by atoms with E-state index >= 15 is 0 Å². The van der Waals surface area contributed by atoms with E-state index in [-0.39, 0.29) is 5.41 Å². The number of thiophene rings is 1. The highest BCUT2D eigenvalue weighted by atomic mass is 79.9. The first kappa shape index (κ1) is 20.6. The second-order valence-electron chi connectivity index (χ2n) is 11.9. The summed E-state index contributed by atoms with van der Waals surface area (Å²) in [6.07, 6.45) is 11.9. The third kappa shape index (κ3) is 2.49. The van der Waals surface area contributed by atoms with Crippen LogP contribution in [0.4, 0.5) is 0 Å². The number of rotatable bonds is 0. The van der Waals surface area contributed by atoms with Gasteiger partial charge in [-0.05, 0) is 125 Å². The van der Waals surface area contributed by atoms with Crippen molar-refractivity contribution in [2.24, 2.45) is 23.7 Å². The van der Waals surface area contributed by atoms with E-state index in [4.69, 9.17) is 0 Å². The third-order valence-corrected chi connectivity index (χ3v) is 12.9. The van der Waals surface area contributed by atoms with E-state index in [0.717, 1.165) is 36.5 Å². The molecule has 0 radical (unpaired) electrons. The van der Waals surface area contributed by atoms with Crippen LogP contribution in [0.25, 0.3) is 37.4 Å².